The van der Waals surface area contributed by atoms with Crippen molar-refractivity contribution >= 4 is 23.1 Å². The second kappa shape index (κ2) is 5.24. The topological polar surface area (TPSA) is 83.0 Å². The number of aryl methyl sites for hydroxylation is 2. The first-order valence-electron chi connectivity index (χ1n) is 6.69. The third-order valence-corrected chi connectivity index (χ3v) is 4.47. The van der Waals surface area contributed by atoms with Crippen molar-refractivity contribution in [2.45, 2.75) is 32.6 Å². The van der Waals surface area contributed by atoms with Gasteiger partial charge < -0.3 is 10.5 Å². The number of nitrogen functional groups attached to an aromatic ring is 1. The van der Waals surface area contributed by atoms with E-state index >= 15 is 0 Å². The molecule has 2 aromatic rings. The fraction of sp³-hybridized carbons (Fsp3) is 0.462. The number of hydrogen-bond donors (Lipinski definition) is 1. The molecule has 0 amide bonds. The van der Waals surface area contributed by atoms with E-state index in [0.29, 0.717) is 6.61 Å². The lowest BCUT2D eigenvalue weighted by Crippen LogP contribution is -2.09. The molecule has 0 spiro atoms. The Bertz CT molecular complexity index is 623. The molecule has 2 aromatic heterocycles. The molecule has 0 atom stereocenters. The number of imidazole rings is 1. The Balaban J connectivity index is 1.94. The van der Waals surface area contributed by atoms with Crippen LogP contribution in [0.15, 0.2) is 6.33 Å². The number of carbonyl (C=O) groups is 1. The Kier molecular flexibility index (Phi) is 3.43. The highest BCUT2D eigenvalue weighted by molar-refractivity contribution is 7.14. The first-order chi connectivity index (χ1) is 9.70. The lowest BCUT2D eigenvalue weighted by atomic mass is 10.0. The number of nitrogens with zero attached hydrogens (tertiary/aromatic N) is 3. The number of aromatic nitrogens is 3. The van der Waals surface area contributed by atoms with Crippen molar-refractivity contribution in [1.29, 1.82) is 0 Å². The van der Waals surface area contributed by atoms with Gasteiger partial charge in [-0.3, -0.25) is 4.57 Å². The fourth-order valence-corrected chi connectivity index (χ4v) is 3.44. The zero-order valence-corrected chi connectivity index (χ0v) is 12.1. The van der Waals surface area contributed by atoms with Crippen LogP contribution in [0.4, 0.5) is 5.82 Å². The van der Waals surface area contributed by atoms with E-state index in [9.17, 15) is 4.79 Å². The molecule has 0 unspecified atom stereocenters. The van der Waals surface area contributed by atoms with E-state index in [-0.39, 0.29) is 11.5 Å². The fourth-order valence-electron chi connectivity index (χ4n) is 2.31. The summed E-state index contributed by atoms with van der Waals surface area (Å²) in [7, 11) is 0. The van der Waals surface area contributed by atoms with Gasteiger partial charge in [-0.05, 0) is 32.6 Å². The van der Waals surface area contributed by atoms with Crippen LogP contribution in [-0.4, -0.2) is 27.1 Å². The molecule has 20 heavy (non-hydrogen) atoms. The third-order valence-electron chi connectivity index (χ3n) is 3.31. The first kappa shape index (κ1) is 13.1. The standard InChI is InChI=1S/C13H16N4O2S/c1-2-19-12(18)10-11(14)17(7-15-10)13-16-8-5-3-4-6-9(8)20-13/h7H,2-6,14H2,1H3. The second-order valence-electron chi connectivity index (χ2n) is 4.64. The van der Waals surface area contributed by atoms with Crippen molar-refractivity contribution in [3.05, 3.63) is 22.6 Å². The maximum atomic E-state index is 11.7. The molecule has 0 saturated heterocycles. The molecule has 106 valence electrons. The van der Waals surface area contributed by atoms with Crippen LogP contribution in [-0.2, 0) is 17.6 Å². The number of hydrogen-bond acceptors (Lipinski definition) is 6. The second-order valence-corrected chi connectivity index (χ2v) is 5.70. The van der Waals surface area contributed by atoms with Crippen molar-refractivity contribution in [2.24, 2.45) is 0 Å². The average Bonchev–Trinajstić information content (AvgIpc) is 3.01. The maximum absolute atomic E-state index is 11.7. The van der Waals surface area contributed by atoms with E-state index in [1.54, 1.807) is 22.8 Å². The average molecular weight is 292 g/mol. The molecule has 6 nitrogen and oxygen atoms in total. The number of fused-ring (bicyclic) bond motifs is 1. The number of nitrogens with two attached hydrogens (primary N) is 1. The first-order valence-corrected chi connectivity index (χ1v) is 7.51. The van der Waals surface area contributed by atoms with E-state index in [2.05, 4.69) is 9.97 Å². The van der Waals surface area contributed by atoms with E-state index < -0.39 is 5.97 Å². The van der Waals surface area contributed by atoms with Gasteiger partial charge in [0.25, 0.3) is 0 Å². The van der Waals surface area contributed by atoms with Crippen LogP contribution in [0, 0.1) is 0 Å². The quantitative estimate of drug-likeness (QED) is 0.874. The summed E-state index contributed by atoms with van der Waals surface area (Å²) in [6, 6.07) is 0. The molecule has 1 aliphatic carbocycles. The Hall–Kier alpha value is -1.89. The van der Waals surface area contributed by atoms with Crippen LogP contribution in [0.5, 0.6) is 0 Å². The minimum atomic E-state index is -0.495. The molecule has 0 radical (unpaired) electrons. The molecule has 3 rings (SSSR count). The molecular weight excluding hydrogens is 276 g/mol. The van der Waals surface area contributed by atoms with Gasteiger partial charge in [0.2, 0.25) is 0 Å². The van der Waals surface area contributed by atoms with Gasteiger partial charge in [-0.1, -0.05) is 0 Å². The van der Waals surface area contributed by atoms with E-state index in [4.69, 9.17) is 10.5 Å². The van der Waals surface area contributed by atoms with Crippen molar-refractivity contribution in [2.75, 3.05) is 12.3 Å². The number of ether oxygens (including phenoxy) is 1. The predicted molar refractivity (Wildman–Crippen MR) is 76.2 cm³/mol. The number of thiazole rings is 1. The van der Waals surface area contributed by atoms with Crippen LogP contribution in [0.3, 0.4) is 0 Å². The summed E-state index contributed by atoms with van der Waals surface area (Å²) in [6.45, 7) is 2.05. The minimum absolute atomic E-state index is 0.153. The highest BCUT2D eigenvalue weighted by atomic mass is 32.1. The van der Waals surface area contributed by atoms with Gasteiger partial charge in [0.1, 0.15) is 12.1 Å². The molecule has 0 bridgehead atoms. The molecular formula is C13H16N4O2S. The Morgan fingerprint density at radius 3 is 3.05 bits per heavy atom. The summed E-state index contributed by atoms with van der Waals surface area (Å²) in [4.78, 5) is 21.7. The van der Waals surface area contributed by atoms with Gasteiger partial charge in [0.15, 0.2) is 10.8 Å². The zero-order valence-electron chi connectivity index (χ0n) is 11.3. The van der Waals surface area contributed by atoms with Gasteiger partial charge in [0, 0.05) is 4.88 Å². The Morgan fingerprint density at radius 1 is 1.50 bits per heavy atom. The van der Waals surface area contributed by atoms with Crippen molar-refractivity contribution < 1.29 is 9.53 Å². The van der Waals surface area contributed by atoms with Crippen LogP contribution >= 0.6 is 11.3 Å². The summed E-state index contributed by atoms with van der Waals surface area (Å²) in [5, 5.41) is 0.775. The molecule has 1 aliphatic rings. The predicted octanol–water partition coefficient (Wildman–Crippen LogP) is 1.97. The smallest absolute Gasteiger partial charge is 0.360 e. The summed E-state index contributed by atoms with van der Waals surface area (Å²) in [6.07, 6.45) is 6.02. The van der Waals surface area contributed by atoms with Gasteiger partial charge in [0.05, 0.1) is 12.3 Å². The summed E-state index contributed by atoms with van der Waals surface area (Å²) in [5.41, 5.74) is 7.30. The number of rotatable bonds is 3. The van der Waals surface area contributed by atoms with Crippen LogP contribution in [0.25, 0.3) is 5.13 Å². The van der Waals surface area contributed by atoms with Gasteiger partial charge in [-0.2, -0.15) is 0 Å². The summed E-state index contributed by atoms with van der Waals surface area (Å²) in [5.74, 6) is -0.209. The van der Waals surface area contributed by atoms with E-state index in [1.807, 2.05) is 0 Å². The van der Waals surface area contributed by atoms with Crippen LogP contribution in [0.2, 0.25) is 0 Å². The summed E-state index contributed by atoms with van der Waals surface area (Å²) >= 11 is 1.62. The lowest BCUT2D eigenvalue weighted by Gasteiger charge is -2.06. The number of carbonyl (C=O) groups excluding carboxylic acids is 1. The van der Waals surface area contributed by atoms with Crippen molar-refractivity contribution in [3.63, 3.8) is 0 Å². The van der Waals surface area contributed by atoms with Gasteiger partial charge in [-0.15, -0.1) is 11.3 Å². The number of esters is 1. The minimum Gasteiger partial charge on any atom is -0.461 e. The molecule has 0 fully saturated rings. The highest BCUT2D eigenvalue weighted by Gasteiger charge is 2.21. The summed E-state index contributed by atoms with van der Waals surface area (Å²) < 4.78 is 6.59. The van der Waals surface area contributed by atoms with Crippen molar-refractivity contribution in [3.8, 4) is 5.13 Å². The van der Waals surface area contributed by atoms with Gasteiger partial charge in [-0.25, -0.2) is 14.8 Å². The van der Waals surface area contributed by atoms with Gasteiger partial charge >= 0.3 is 5.97 Å². The monoisotopic (exact) mass is 292 g/mol. The molecule has 2 heterocycles. The van der Waals surface area contributed by atoms with E-state index in [0.717, 1.165) is 23.7 Å². The largest absolute Gasteiger partial charge is 0.461 e. The SMILES string of the molecule is CCOC(=O)c1ncn(-c2nc3c(s2)CCCC3)c1N. The lowest BCUT2D eigenvalue weighted by molar-refractivity contribution is 0.0521. The van der Waals surface area contributed by atoms with Crippen molar-refractivity contribution in [1.82, 2.24) is 14.5 Å². The number of anilines is 1. The third kappa shape index (κ3) is 2.18. The highest BCUT2D eigenvalue weighted by Crippen LogP contribution is 2.30. The molecule has 0 aliphatic heterocycles. The van der Waals surface area contributed by atoms with Crippen LogP contribution < -0.4 is 5.73 Å². The zero-order chi connectivity index (χ0) is 14.1. The molecule has 7 heteroatoms. The molecule has 2 N–H and O–H groups in total. The Morgan fingerprint density at radius 2 is 2.30 bits per heavy atom. The van der Waals surface area contributed by atoms with Crippen LogP contribution in [0.1, 0.15) is 40.8 Å². The molecule has 0 aromatic carbocycles. The normalized spacial score (nSPS) is 14.1. The van der Waals surface area contributed by atoms with E-state index in [1.165, 1.54) is 24.0 Å². The maximum Gasteiger partial charge on any atom is 0.360 e. The molecule has 0 saturated carbocycles. The Labute approximate surface area is 120 Å².